The van der Waals surface area contributed by atoms with Crippen LogP contribution in [0.25, 0.3) is 10.9 Å². The number of aromatic nitrogens is 1. The third-order valence-electron chi connectivity index (χ3n) is 4.59. The fourth-order valence-corrected chi connectivity index (χ4v) is 4.87. The molecule has 0 bridgehead atoms. The predicted molar refractivity (Wildman–Crippen MR) is 98.3 cm³/mol. The van der Waals surface area contributed by atoms with Crippen molar-refractivity contribution in [2.45, 2.75) is 18.2 Å². The van der Waals surface area contributed by atoms with Crippen molar-refractivity contribution in [1.82, 2.24) is 4.98 Å². The first-order valence-corrected chi connectivity index (χ1v) is 9.70. The van der Waals surface area contributed by atoms with Crippen LogP contribution in [0.2, 0.25) is 0 Å². The first-order valence-electron chi connectivity index (χ1n) is 8.05. The molecule has 130 valence electrons. The fraction of sp³-hybridized carbons (Fsp3) is 0.158. The third kappa shape index (κ3) is 2.47. The molecule has 0 unspecified atom stereocenters. The standard InChI is InChI=1S/C19H15N3O3S/c1-11-2-4-16(23)15(8-11)22-19-12(9-20)10-21-14-3-5-17-13(18(14)19)6-7-26(17,24)25/h2-5,8,10,23H,6-7H2,1H3,(H,21,22). The molecule has 1 aromatic heterocycles. The van der Waals surface area contributed by atoms with E-state index < -0.39 is 9.84 Å². The van der Waals surface area contributed by atoms with Crippen LogP contribution in [0.5, 0.6) is 5.75 Å². The Morgan fingerprint density at radius 2 is 2.08 bits per heavy atom. The Labute approximate surface area is 150 Å². The van der Waals surface area contributed by atoms with Crippen LogP contribution in [-0.2, 0) is 16.3 Å². The van der Waals surface area contributed by atoms with Gasteiger partial charge in [0, 0.05) is 11.6 Å². The summed E-state index contributed by atoms with van der Waals surface area (Å²) in [5.74, 6) is 0.0949. The molecule has 0 aliphatic carbocycles. The van der Waals surface area contributed by atoms with Crippen LogP contribution >= 0.6 is 0 Å². The number of sulfone groups is 1. The molecule has 3 aromatic rings. The number of nitrogens with zero attached hydrogens (tertiary/aromatic N) is 2. The maximum absolute atomic E-state index is 12.3. The summed E-state index contributed by atoms with van der Waals surface area (Å²) in [6, 6.07) is 10.4. The lowest BCUT2D eigenvalue weighted by molar-refractivity contribution is 0.477. The van der Waals surface area contributed by atoms with Crippen molar-refractivity contribution in [3.8, 4) is 11.8 Å². The maximum Gasteiger partial charge on any atom is 0.179 e. The summed E-state index contributed by atoms with van der Waals surface area (Å²) in [5.41, 5.74) is 3.42. The zero-order valence-electron chi connectivity index (χ0n) is 13.9. The molecule has 0 radical (unpaired) electrons. The number of nitriles is 1. The van der Waals surface area contributed by atoms with Gasteiger partial charge in [0.1, 0.15) is 11.8 Å². The summed E-state index contributed by atoms with van der Waals surface area (Å²) in [4.78, 5) is 4.59. The van der Waals surface area contributed by atoms with Gasteiger partial charge in [0.25, 0.3) is 0 Å². The van der Waals surface area contributed by atoms with Gasteiger partial charge < -0.3 is 10.4 Å². The van der Waals surface area contributed by atoms with E-state index in [-0.39, 0.29) is 17.1 Å². The number of fused-ring (bicyclic) bond motifs is 3. The monoisotopic (exact) mass is 365 g/mol. The predicted octanol–water partition coefficient (Wildman–Crippen LogP) is 3.19. The fourth-order valence-electron chi connectivity index (χ4n) is 3.32. The average molecular weight is 365 g/mol. The van der Waals surface area contributed by atoms with E-state index in [1.165, 1.54) is 6.20 Å². The van der Waals surface area contributed by atoms with Crippen LogP contribution < -0.4 is 5.32 Å². The molecule has 0 amide bonds. The second-order valence-corrected chi connectivity index (χ2v) is 8.39. The Kier molecular flexibility index (Phi) is 3.60. The van der Waals surface area contributed by atoms with Crippen molar-refractivity contribution in [2.75, 3.05) is 11.1 Å². The van der Waals surface area contributed by atoms with Crippen LogP contribution in [0.1, 0.15) is 16.7 Å². The van der Waals surface area contributed by atoms with E-state index in [0.717, 1.165) is 5.56 Å². The van der Waals surface area contributed by atoms with E-state index in [1.54, 1.807) is 30.3 Å². The van der Waals surface area contributed by atoms with Gasteiger partial charge in [-0.1, -0.05) is 6.07 Å². The number of phenols is 1. The highest BCUT2D eigenvalue weighted by molar-refractivity contribution is 7.91. The van der Waals surface area contributed by atoms with E-state index in [4.69, 9.17) is 0 Å². The normalized spacial score (nSPS) is 14.8. The van der Waals surface area contributed by atoms with E-state index in [2.05, 4.69) is 16.4 Å². The first-order chi connectivity index (χ1) is 12.4. The van der Waals surface area contributed by atoms with Crippen molar-refractivity contribution in [1.29, 1.82) is 5.26 Å². The number of phenolic OH excluding ortho intramolecular Hbond substituents is 1. The van der Waals surface area contributed by atoms with Gasteiger partial charge >= 0.3 is 0 Å². The molecule has 2 aromatic carbocycles. The van der Waals surface area contributed by atoms with Crippen molar-refractivity contribution in [2.24, 2.45) is 0 Å². The largest absolute Gasteiger partial charge is 0.506 e. The van der Waals surface area contributed by atoms with E-state index in [0.29, 0.717) is 39.2 Å². The summed E-state index contributed by atoms with van der Waals surface area (Å²) in [7, 11) is -3.31. The molecule has 0 spiro atoms. The highest BCUT2D eigenvalue weighted by Crippen LogP contribution is 2.39. The molecule has 0 saturated carbocycles. The number of nitrogens with one attached hydrogen (secondary N) is 1. The van der Waals surface area contributed by atoms with E-state index >= 15 is 0 Å². The maximum atomic E-state index is 12.3. The van der Waals surface area contributed by atoms with Gasteiger partial charge in [-0.25, -0.2) is 8.42 Å². The average Bonchev–Trinajstić information content (AvgIpc) is 2.93. The van der Waals surface area contributed by atoms with Gasteiger partial charge in [0.2, 0.25) is 0 Å². The molecule has 6 nitrogen and oxygen atoms in total. The van der Waals surface area contributed by atoms with Crippen molar-refractivity contribution in [3.63, 3.8) is 0 Å². The van der Waals surface area contributed by atoms with Gasteiger partial charge in [-0.3, -0.25) is 4.98 Å². The Bertz CT molecular complexity index is 1210. The topological polar surface area (TPSA) is 103 Å². The second-order valence-electron chi connectivity index (χ2n) is 6.31. The third-order valence-corrected chi connectivity index (χ3v) is 6.38. The quantitative estimate of drug-likeness (QED) is 0.676. The number of rotatable bonds is 2. The lowest BCUT2D eigenvalue weighted by atomic mass is 10.0. The van der Waals surface area contributed by atoms with Crippen LogP contribution in [0.15, 0.2) is 41.4 Å². The number of hydrogen-bond acceptors (Lipinski definition) is 6. The lowest BCUT2D eigenvalue weighted by Gasteiger charge is -2.15. The minimum atomic E-state index is -3.31. The number of aromatic hydroxyl groups is 1. The Hall–Kier alpha value is -3.11. The van der Waals surface area contributed by atoms with Crippen LogP contribution in [0.4, 0.5) is 11.4 Å². The molecule has 2 N–H and O–H groups in total. The van der Waals surface area contributed by atoms with Gasteiger partial charge in [-0.15, -0.1) is 0 Å². The smallest absolute Gasteiger partial charge is 0.179 e. The molecule has 0 fully saturated rings. The number of anilines is 2. The van der Waals surface area contributed by atoms with Gasteiger partial charge in [-0.2, -0.15) is 5.26 Å². The van der Waals surface area contributed by atoms with Crippen LogP contribution in [0.3, 0.4) is 0 Å². The molecular formula is C19H15N3O3S. The summed E-state index contributed by atoms with van der Waals surface area (Å²) in [5, 5.41) is 23.4. The molecule has 7 heteroatoms. The molecule has 0 saturated heterocycles. The van der Waals surface area contributed by atoms with Crippen molar-refractivity contribution in [3.05, 3.63) is 53.2 Å². The van der Waals surface area contributed by atoms with Crippen LogP contribution in [0, 0.1) is 18.3 Å². The zero-order chi connectivity index (χ0) is 18.5. The molecule has 4 rings (SSSR count). The molecule has 2 heterocycles. The zero-order valence-corrected chi connectivity index (χ0v) is 14.8. The Morgan fingerprint density at radius 1 is 1.27 bits per heavy atom. The molecule has 26 heavy (non-hydrogen) atoms. The van der Waals surface area contributed by atoms with Gasteiger partial charge in [0.15, 0.2) is 9.84 Å². The highest BCUT2D eigenvalue weighted by atomic mass is 32.2. The lowest BCUT2D eigenvalue weighted by Crippen LogP contribution is -2.01. The van der Waals surface area contributed by atoms with E-state index in [9.17, 15) is 18.8 Å². The number of aryl methyl sites for hydroxylation is 2. The number of hydrogen-bond donors (Lipinski definition) is 2. The van der Waals surface area contributed by atoms with Crippen LogP contribution in [-0.4, -0.2) is 24.3 Å². The Morgan fingerprint density at radius 3 is 2.85 bits per heavy atom. The minimum absolute atomic E-state index is 0.0460. The number of pyridine rings is 1. The summed E-state index contributed by atoms with van der Waals surface area (Å²) < 4.78 is 24.5. The second kappa shape index (κ2) is 5.71. The first kappa shape index (κ1) is 16.4. The van der Waals surface area contributed by atoms with Gasteiger partial charge in [0.05, 0.1) is 33.1 Å². The summed E-state index contributed by atoms with van der Waals surface area (Å²) >= 11 is 0. The minimum Gasteiger partial charge on any atom is -0.506 e. The SMILES string of the molecule is Cc1ccc(O)c(Nc2c(C#N)cnc3ccc4c(c23)CCS4(=O)=O)c1. The molecule has 1 aliphatic rings. The highest BCUT2D eigenvalue weighted by Gasteiger charge is 2.29. The van der Waals surface area contributed by atoms with Crippen molar-refractivity contribution < 1.29 is 13.5 Å². The molecular weight excluding hydrogens is 350 g/mol. The van der Waals surface area contributed by atoms with E-state index in [1.807, 2.05) is 6.92 Å². The van der Waals surface area contributed by atoms with Gasteiger partial charge in [-0.05, 0) is 48.7 Å². The summed E-state index contributed by atoms with van der Waals surface area (Å²) in [6.07, 6.45) is 1.83. The summed E-state index contributed by atoms with van der Waals surface area (Å²) in [6.45, 7) is 1.89. The molecule has 1 aliphatic heterocycles. The van der Waals surface area contributed by atoms with Crippen molar-refractivity contribution >= 4 is 32.1 Å². The molecule has 0 atom stereocenters. The number of benzene rings is 2. The Balaban J connectivity index is 2.03.